The van der Waals surface area contributed by atoms with E-state index in [9.17, 15) is 4.79 Å². The number of hydrogen-bond acceptors (Lipinski definition) is 4. The number of benzene rings is 1. The van der Waals surface area contributed by atoms with Gasteiger partial charge in [0.05, 0.1) is 12.8 Å². The van der Waals surface area contributed by atoms with Crippen LogP contribution in [-0.4, -0.2) is 28.4 Å². The second-order valence-corrected chi connectivity index (χ2v) is 4.43. The first kappa shape index (κ1) is 12.3. The number of H-pyrrole nitrogens is 1. The summed E-state index contributed by atoms with van der Waals surface area (Å²) in [6.45, 7) is 1.86. The molecule has 0 radical (unpaired) electrons. The van der Waals surface area contributed by atoms with E-state index in [2.05, 4.69) is 10.2 Å². The van der Waals surface area contributed by atoms with Crippen molar-refractivity contribution in [3.63, 3.8) is 0 Å². The molecule has 3 aromatic rings. The van der Waals surface area contributed by atoms with Gasteiger partial charge in [-0.2, -0.15) is 5.10 Å². The highest BCUT2D eigenvalue weighted by atomic mass is 16.5. The molecule has 6 nitrogen and oxygen atoms in total. The average molecular weight is 272 g/mol. The molecule has 0 bridgehead atoms. The Balaban J connectivity index is 2.17. The number of aromatic amines is 1. The van der Waals surface area contributed by atoms with E-state index in [-0.39, 0.29) is 5.69 Å². The minimum atomic E-state index is -1.05. The van der Waals surface area contributed by atoms with Gasteiger partial charge in [0.2, 0.25) is 0 Å². The van der Waals surface area contributed by atoms with E-state index in [1.54, 1.807) is 13.2 Å². The lowest BCUT2D eigenvalue weighted by molar-refractivity contribution is 0.0690. The van der Waals surface area contributed by atoms with Crippen molar-refractivity contribution in [2.75, 3.05) is 7.11 Å². The topological polar surface area (TPSA) is 88.4 Å². The molecule has 0 amide bonds. The summed E-state index contributed by atoms with van der Waals surface area (Å²) in [5.74, 6) is 0.324. The van der Waals surface area contributed by atoms with E-state index in [1.165, 1.54) is 6.07 Å². The van der Waals surface area contributed by atoms with Crippen LogP contribution in [-0.2, 0) is 0 Å². The average Bonchev–Trinajstić information content (AvgIpc) is 3.02. The lowest BCUT2D eigenvalue weighted by Crippen LogP contribution is -1.95. The Kier molecular flexibility index (Phi) is 2.71. The van der Waals surface area contributed by atoms with Gasteiger partial charge in [-0.05, 0) is 31.2 Å². The molecule has 0 aliphatic rings. The Morgan fingerprint density at radius 2 is 2.15 bits per heavy atom. The molecule has 20 heavy (non-hydrogen) atoms. The molecular formula is C14H12N2O4. The largest absolute Gasteiger partial charge is 0.493 e. The molecule has 0 atom stereocenters. The van der Waals surface area contributed by atoms with Crippen molar-refractivity contribution in [1.82, 2.24) is 10.2 Å². The molecule has 0 saturated carbocycles. The van der Waals surface area contributed by atoms with E-state index in [4.69, 9.17) is 14.3 Å². The van der Waals surface area contributed by atoms with Crippen LogP contribution in [0.25, 0.3) is 22.2 Å². The fraction of sp³-hybridized carbons (Fsp3) is 0.143. The maximum absolute atomic E-state index is 10.9. The number of carboxylic acids is 1. The van der Waals surface area contributed by atoms with Gasteiger partial charge in [-0.3, -0.25) is 5.10 Å². The number of aromatic carboxylic acids is 1. The van der Waals surface area contributed by atoms with Crippen LogP contribution >= 0.6 is 0 Å². The van der Waals surface area contributed by atoms with Crippen LogP contribution in [0.3, 0.4) is 0 Å². The normalized spacial score (nSPS) is 10.9. The third-order valence-electron chi connectivity index (χ3n) is 3.03. The molecule has 2 heterocycles. The summed E-state index contributed by atoms with van der Waals surface area (Å²) in [5.41, 5.74) is 2.02. The van der Waals surface area contributed by atoms with Crippen LogP contribution < -0.4 is 4.74 Å². The van der Waals surface area contributed by atoms with Crippen molar-refractivity contribution in [2.24, 2.45) is 0 Å². The van der Waals surface area contributed by atoms with Crippen LogP contribution in [0.15, 0.2) is 28.7 Å². The number of aromatic nitrogens is 2. The molecule has 6 heteroatoms. The zero-order valence-corrected chi connectivity index (χ0v) is 10.9. The van der Waals surface area contributed by atoms with Crippen LogP contribution in [0.5, 0.6) is 5.75 Å². The van der Waals surface area contributed by atoms with Crippen molar-refractivity contribution >= 4 is 16.9 Å². The Labute approximate surface area is 114 Å². The van der Waals surface area contributed by atoms with Gasteiger partial charge < -0.3 is 14.3 Å². The summed E-state index contributed by atoms with van der Waals surface area (Å²) in [4.78, 5) is 10.9. The second-order valence-electron chi connectivity index (χ2n) is 4.43. The standard InChI is InChI=1S/C14H12N2O4/c1-7-3-9-4-8(5-12(19-2)13(9)20-7)10-6-11(14(17)18)16-15-10/h3-6H,1-2H3,(H,15,16)(H,17,18). The Morgan fingerprint density at radius 1 is 1.35 bits per heavy atom. The number of nitrogens with zero attached hydrogens (tertiary/aromatic N) is 1. The molecule has 0 fully saturated rings. The summed E-state index contributed by atoms with van der Waals surface area (Å²) < 4.78 is 10.9. The molecule has 1 aromatic carbocycles. The van der Waals surface area contributed by atoms with E-state index >= 15 is 0 Å². The van der Waals surface area contributed by atoms with Gasteiger partial charge in [0.15, 0.2) is 11.3 Å². The van der Waals surface area contributed by atoms with Gasteiger partial charge in [-0.25, -0.2) is 4.79 Å². The molecule has 2 N–H and O–H groups in total. The van der Waals surface area contributed by atoms with Crippen LogP contribution in [0.4, 0.5) is 0 Å². The van der Waals surface area contributed by atoms with Crippen LogP contribution in [0.1, 0.15) is 16.2 Å². The summed E-state index contributed by atoms with van der Waals surface area (Å²) in [7, 11) is 1.56. The maximum atomic E-state index is 10.9. The molecule has 102 valence electrons. The highest BCUT2D eigenvalue weighted by Gasteiger charge is 2.14. The van der Waals surface area contributed by atoms with Crippen molar-refractivity contribution in [1.29, 1.82) is 0 Å². The second kappa shape index (κ2) is 4.41. The number of carbonyl (C=O) groups is 1. The minimum Gasteiger partial charge on any atom is -0.493 e. The number of carboxylic acid groups (broad SMARTS) is 1. The summed E-state index contributed by atoms with van der Waals surface area (Å²) in [6.07, 6.45) is 0. The summed E-state index contributed by atoms with van der Waals surface area (Å²) in [6, 6.07) is 7.03. The number of aryl methyl sites for hydroxylation is 1. The van der Waals surface area contributed by atoms with Crippen LogP contribution in [0, 0.1) is 6.92 Å². The number of rotatable bonds is 3. The van der Waals surface area contributed by atoms with Crippen LogP contribution in [0.2, 0.25) is 0 Å². The Bertz CT molecular complexity index is 801. The first-order valence-corrected chi connectivity index (χ1v) is 5.95. The lowest BCUT2D eigenvalue weighted by Gasteiger charge is -2.03. The van der Waals surface area contributed by atoms with Gasteiger partial charge in [-0.1, -0.05) is 0 Å². The molecule has 0 spiro atoms. The first-order chi connectivity index (χ1) is 9.58. The van der Waals surface area contributed by atoms with Gasteiger partial charge in [-0.15, -0.1) is 0 Å². The first-order valence-electron chi connectivity index (χ1n) is 5.95. The SMILES string of the molecule is COc1cc(-c2cc(C(=O)O)[nH]n2)cc2cc(C)oc12. The van der Waals surface area contributed by atoms with Crippen molar-refractivity contribution in [2.45, 2.75) is 6.92 Å². The van der Waals surface area contributed by atoms with E-state index in [0.29, 0.717) is 17.0 Å². The van der Waals surface area contributed by atoms with Gasteiger partial charge in [0, 0.05) is 10.9 Å². The number of methoxy groups -OCH3 is 1. The molecule has 0 aliphatic carbocycles. The van der Waals surface area contributed by atoms with Crippen molar-refractivity contribution in [3.8, 4) is 17.0 Å². The third-order valence-corrected chi connectivity index (χ3v) is 3.03. The number of hydrogen-bond donors (Lipinski definition) is 2. The number of furan rings is 1. The van der Waals surface area contributed by atoms with E-state index in [1.807, 2.05) is 19.1 Å². The molecular weight excluding hydrogens is 260 g/mol. The lowest BCUT2D eigenvalue weighted by atomic mass is 10.1. The predicted molar refractivity (Wildman–Crippen MR) is 72.0 cm³/mol. The molecule has 2 aromatic heterocycles. The Morgan fingerprint density at radius 3 is 2.80 bits per heavy atom. The molecule has 0 saturated heterocycles. The molecule has 3 rings (SSSR count). The zero-order valence-electron chi connectivity index (χ0n) is 10.9. The van der Waals surface area contributed by atoms with Gasteiger partial charge in [0.25, 0.3) is 0 Å². The zero-order chi connectivity index (χ0) is 14.3. The maximum Gasteiger partial charge on any atom is 0.353 e. The summed E-state index contributed by atoms with van der Waals surface area (Å²) >= 11 is 0. The van der Waals surface area contributed by atoms with Crippen molar-refractivity contribution in [3.05, 3.63) is 35.7 Å². The number of nitrogens with one attached hydrogen (secondary N) is 1. The third kappa shape index (κ3) is 1.91. The fourth-order valence-electron chi connectivity index (χ4n) is 2.13. The highest BCUT2D eigenvalue weighted by Crippen LogP contribution is 2.33. The smallest absolute Gasteiger partial charge is 0.353 e. The van der Waals surface area contributed by atoms with E-state index < -0.39 is 5.97 Å². The van der Waals surface area contributed by atoms with Gasteiger partial charge in [0.1, 0.15) is 11.5 Å². The predicted octanol–water partition coefficient (Wildman–Crippen LogP) is 2.84. The fourth-order valence-corrected chi connectivity index (χ4v) is 2.13. The Hall–Kier alpha value is -2.76. The quantitative estimate of drug-likeness (QED) is 0.765. The van der Waals surface area contributed by atoms with E-state index in [0.717, 1.165) is 16.7 Å². The highest BCUT2D eigenvalue weighted by molar-refractivity contribution is 5.90. The van der Waals surface area contributed by atoms with Gasteiger partial charge >= 0.3 is 5.97 Å². The number of ether oxygens (including phenoxy) is 1. The summed E-state index contributed by atoms with van der Waals surface area (Å²) in [5, 5.41) is 16.3. The molecule has 0 aliphatic heterocycles. The molecule has 0 unspecified atom stereocenters. The minimum absolute atomic E-state index is 0.0439. The monoisotopic (exact) mass is 272 g/mol. The number of fused-ring (bicyclic) bond motifs is 1. The van der Waals surface area contributed by atoms with Crippen molar-refractivity contribution < 1.29 is 19.1 Å².